The molecule has 0 radical (unpaired) electrons. The first-order valence-corrected chi connectivity index (χ1v) is 10.6. The van der Waals surface area contributed by atoms with E-state index in [0.29, 0.717) is 11.4 Å². The van der Waals surface area contributed by atoms with E-state index in [2.05, 4.69) is 27.8 Å². The van der Waals surface area contributed by atoms with E-state index in [0.717, 1.165) is 24.2 Å². The molecular formula is C22H22N2O3S. The zero-order valence-corrected chi connectivity index (χ0v) is 16.7. The number of nitrogens with zero attached hydrogens (tertiary/aromatic N) is 1. The van der Waals surface area contributed by atoms with Crippen molar-refractivity contribution in [1.29, 1.82) is 0 Å². The molecule has 1 heterocycles. The molecule has 0 amide bonds. The van der Waals surface area contributed by atoms with Crippen molar-refractivity contribution in [3.63, 3.8) is 0 Å². The normalized spacial score (nSPS) is 13.3. The van der Waals surface area contributed by atoms with E-state index in [1.54, 1.807) is 24.3 Å². The Bertz CT molecular complexity index is 1110. The van der Waals surface area contributed by atoms with Crippen molar-refractivity contribution >= 4 is 27.1 Å². The molecule has 0 saturated carbocycles. The molecule has 0 fully saturated rings. The van der Waals surface area contributed by atoms with Crippen LogP contribution in [0, 0.1) is 6.92 Å². The molecule has 0 spiro atoms. The van der Waals surface area contributed by atoms with Crippen LogP contribution in [0.1, 0.15) is 11.1 Å². The molecule has 6 heteroatoms. The number of hydrogen-bond acceptors (Lipinski definition) is 4. The van der Waals surface area contributed by atoms with Crippen LogP contribution in [0.2, 0.25) is 0 Å². The Morgan fingerprint density at radius 1 is 1.00 bits per heavy atom. The van der Waals surface area contributed by atoms with Crippen LogP contribution in [0.5, 0.6) is 5.75 Å². The lowest BCUT2D eigenvalue weighted by atomic mass is 10.2. The predicted molar refractivity (Wildman–Crippen MR) is 112 cm³/mol. The highest BCUT2D eigenvalue weighted by atomic mass is 32.2. The predicted octanol–water partition coefficient (Wildman–Crippen LogP) is 4.50. The number of para-hydroxylation sites is 1. The average Bonchev–Trinajstić information content (AvgIpc) is 3.12. The molecule has 0 bridgehead atoms. The summed E-state index contributed by atoms with van der Waals surface area (Å²) in [6, 6.07) is 20.9. The summed E-state index contributed by atoms with van der Waals surface area (Å²) in [4.78, 5) is 2.38. The molecule has 3 aromatic carbocycles. The highest BCUT2D eigenvalue weighted by molar-refractivity contribution is 7.92. The van der Waals surface area contributed by atoms with Crippen LogP contribution in [0.15, 0.2) is 71.6 Å². The summed E-state index contributed by atoms with van der Waals surface area (Å²) in [5.74, 6) is 0.323. The van der Waals surface area contributed by atoms with Crippen molar-refractivity contribution in [3.8, 4) is 5.75 Å². The highest BCUT2D eigenvalue weighted by Gasteiger charge is 2.21. The van der Waals surface area contributed by atoms with Gasteiger partial charge in [0.25, 0.3) is 10.0 Å². The number of hydrogen-bond donors (Lipinski definition) is 1. The number of methoxy groups -OCH3 is 1. The Morgan fingerprint density at radius 3 is 2.50 bits per heavy atom. The van der Waals surface area contributed by atoms with E-state index in [9.17, 15) is 8.42 Å². The summed E-state index contributed by atoms with van der Waals surface area (Å²) < 4.78 is 33.5. The van der Waals surface area contributed by atoms with E-state index in [1.807, 2.05) is 31.2 Å². The first kappa shape index (κ1) is 18.4. The Morgan fingerprint density at radius 2 is 1.75 bits per heavy atom. The second kappa shape index (κ2) is 7.20. The van der Waals surface area contributed by atoms with Gasteiger partial charge in [-0.1, -0.05) is 24.3 Å². The topological polar surface area (TPSA) is 58.6 Å². The lowest BCUT2D eigenvalue weighted by molar-refractivity contribution is 0.402. The van der Waals surface area contributed by atoms with Crippen LogP contribution < -0.4 is 14.4 Å². The number of rotatable bonds is 5. The third-order valence-corrected chi connectivity index (χ3v) is 6.33. The molecule has 0 saturated heterocycles. The van der Waals surface area contributed by atoms with Crippen molar-refractivity contribution in [1.82, 2.24) is 0 Å². The van der Waals surface area contributed by atoms with Gasteiger partial charge in [0.15, 0.2) is 0 Å². The van der Waals surface area contributed by atoms with Crippen LogP contribution in [0.25, 0.3) is 0 Å². The summed E-state index contributed by atoms with van der Waals surface area (Å²) >= 11 is 0. The number of fused-ring (bicyclic) bond motifs is 1. The smallest absolute Gasteiger partial charge is 0.265 e. The zero-order valence-electron chi connectivity index (χ0n) is 15.8. The van der Waals surface area contributed by atoms with Crippen molar-refractivity contribution in [2.24, 2.45) is 0 Å². The highest BCUT2D eigenvalue weighted by Crippen LogP contribution is 2.35. The molecule has 0 aliphatic carbocycles. The van der Waals surface area contributed by atoms with Gasteiger partial charge in [0.05, 0.1) is 7.11 Å². The summed E-state index contributed by atoms with van der Waals surface area (Å²) in [5, 5.41) is 0. The fourth-order valence-corrected chi connectivity index (χ4v) is 4.83. The van der Waals surface area contributed by atoms with Crippen LogP contribution in [-0.4, -0.2) is 22.1 Å². The number of benzene rings is 3. The molecule has 28 heavy (non-hydrogen) atoms. The van der Waals surface area contributed by atoms with Gasteiger partial charge in [0, 0.05) is 23.6 Å². The van der Waals surface area contributed by atoms with Gasteiger partial charge in [-0.05, 0) is 66.9 Å². The second-order valence-corrected chi connectivity index (χ2v) is 8.49. The quantitative estimate of drug-likeness (QED) is 0.692. The van der Waals surface area contributed by atoms with Gasteiger partial charge >= 0.3 is 0 Å². The molecule has 5 nitrogen and oxygen atoms in total. The summed E-state index contributed by atoms with van der Waals surface area (Å²) in [6.45, 7) is 2.77. The van der Waals surface area contributed by atoms with Crippen LogP contribution >= 0.6 is 0 Å². The number of anilines is 3. The largest absolute Gasteiger partial charge is 0.495 e. The minimum atomic E-state index is -3.75. The lowest BCUT2D eigenvalue weighted by Crippen LogP contribution is -2.15. The van der Waals surface area contributed by atoms with Crippen molar-refractivity contribution in [2.45, 2.75) is 18.2 Å². The van der Waals surface area contributed by atoms with Gasteiger partial charge in [0.2, 0.25) is 0 Å². The fourth-order valence-electron chi connectivity index (χ4n) is 3.52. The molecular weight excluding hydrogens is 372 g/mol. The van der Waals surface area contributed by atoms with Gasteiger partial charge in [-0.3, -0.25) is 4.72 Å². The van der Waals surface area contributed by atoms with Gasteiger partial charge in [0.1, 0.15) is 10.6 Å². The summed E-state index contributed by atoms with van der Waals surface area (Å²) in [5.41, 5.74) is 4.95. The lowest BCUT2D eigenvalue weighted by Gasteiger charge is -2.20. The Balaban J connectivity index is 1.58. The molecule has 0 atom stereocenters. The molecule has 0 unspecified atom stereocenters. The van der Waals surface area contributed by atoms with Crippen molar-refractivity contribution in [3.05, 3.63) is 77.9 Å². The van der Waals surface area contributed by atoms with Crippen molar-refractivity contribution < 1.29 is 13.2 Å². The first-order chi connectivity index (χ1) is 13.5. The second-order valence-electron chi connectivity index (χ2n) is 6.84. The molecule has 1 aliphatic rings. The average molecular weight is 394 g/mol. The molecule has 1 aliphatic heterocycles. The minimum absolute atomic E-state index is 0.132. The summed E-state index contributed by atoms with van der Waals surface area (Å²) in [6.07, 6.45) is 1.01. The zero-order chi connectivity index (χ0) is 19.7. The van der Waals surface area contributed by atoms with E-state index in [4.69, 9.17) is 4.74 Å². The molecule has 3 aromatic rings. The molecule has 4 rings (SSSR count). The molecule has 144 valence electrons. The van der Waals surface area contributed by atoms with Gasteiger partial charge in [-0.2, -0.15) is 0 Å². The maximum atomic E-state index is 12.8. The molecule has 0 aromatic heterocycles. The van der Waals surface area contributed by atoms with Gasteiger partial charge < -0.3 is 9.64 Å². The number of ether oxygens (including phenoxy) is 1. The van der Waals surface area contributed by atoms with E-state index < -0.39 is 10.0 Å². The summed E-state index contributed by atoms with van der Waals surface area (Å²) in [7, 11) is -2.28. The van der Waals surface area contributed by atoms with E-state index >= 15 is 0 Å². The maximum Gasteiger partial charge on any atom is 0.265 e. The SMILES string of the molecule is COc1ccc(C)cc1S(=O)(=O)Nc1ccc(N2CCc3ccccc32)cc1. The van der Waals surface area contributed by atoms with Crippen molar-refractivity contribution in [2.75, 3.05) is 23.3 Å². The standard InChI is InChI=1S/C22H22N2O3S/c1-16-7-12-21(27-2)22(15-16)28(25,26)23-18-8-10-19(11-9-18)24-14-13-17-5-3-4-6-20(17)24/h3-12,15,23H,13-14H2,1-2H3. The van der Waals surface area contributed by atoms with Gasteiger partial charge in [-0.15, -0.1) is 0 Å². The molecule has 1 N–H and O–H groups in total. The Kier molecular flexibility index (Phi) is 4.73. The third kappa shape index (κ3) is 3.43. The van der Waals surface area contributed by atoms with Crippen LogP contribution in [0.4, 0.5) is 17.1 Å². The van der Waals surface area contributed by atoms with E-state index in [-0.39, 0.29) is 4.90 Å². The number of sulfonamides is 1. The minimum Gasteiger partial charge on any atom is -0.495 e. The Labute approximate surface area is 165 Å². The maximum absolute atomic E-state index is 12.8. The first-order valence-electron chi connectivity index (χ1n) is 9.11. The monoisotopic (exact) mass is 394 g/mol. The number of aryl methyl sites for hydroxylation is 1. The van der Waals surface area contributed by atoms with Crippen LogP contribution in [-0.2, 0) is 16.4 Å². The van der Waals surface area contributed by atoms with Gasteiger partial charge in [-0.25, -0.2) is 8.42 Å². The third-order valence-electron chi connectivity index (χ3n) is 4.93. The Hall–Kier alpha value is -2.99. The van der Waals surface area contributed by atoms with Crippen LogP contribution in [0.3, 0.4) is 0 Å². The fraction of sp³-hybridized carbons (Fsp3) is 0.182. The van der Waals surface area contributed by atoms with E-state index in [1.165, 1.54) is 18.4 Å². The number of nitrogens with one attached hydrogen (secondary N) is 1.